The Morgan fingerprint density at radius 3 is 2.10 bits per heavy atom. The standard InChI is InChI=1S/C45H91N3O4/c1-10-12-14-15-16-17-31-48-43(49)26-23-36(3)41-25-24-37(4)45(41,9)42(52-34-20-30-47)35-38(5)44(7,8)28-27-40(51-33-19-29-46)22-18-21-39(6)50-32-13-11-2/h36-42H,10-35,46-47H2,1-9H3,(H,48,49)/t36-,37-,38-,39+,40+,41-,42+,45+/m1/s1. The lowest BCUT2D eigenvalue weighted by molar-refractivity contribution is -0.122. The zero-order valence-electron chi connectivity index (χ0n) is 36.2. The van der Waals surface area contributed by atoms with Crippen LogP contribution in [0.25, 0.3) is 0 Å². The van der Waals surface area contributed by atoms with Crippen molar-refractivity contribution in [1.29, 1.82) is 0 Å². The summed E-state index contributed by atoms with van der Waals surface area (Å²) in [6, 6.07) is 0. The van der Waals surface area contributed by atoms with Crippen molar-refractivity contribution in [3.05, 3.63) is 0 Å². The van der Waals surface area contributed by atoms with Gasteiger partial charge in [0, 0.05) is 32.8 Å². The molecule has 1 saturated carbocycles. The fourth-order valence-electron chi connectivity index (χ4n) is 8.67. The first-order chi connectivity index (χ1) is 24.9. The lowest BCUT2D eigenvalue weighted by atomic mass is 9.62. The largest absolute Gasteiger partial charge is 0.379 e. The van der Waals surface area contributed by atoms with Crippen LogP contribution < -0.4 is 16.8 Å². The van der Waals surface area contributed by atoms with Crippen LogP contribution in [0.15, 0.2) is 0 Å². The SMILES string of the molecule is CCCCCCCCNC(=O)CC[C@@H](C)[C@H]1CC[C@@H](C)[C@]1(C)[C@H](C[C@@H](C)C(C)(C)CC[C@H](CCC[C@H](C)OCCCC)OCCCN)OCCCN. The molecule has 0 saturated heterocycles. The summed E-state index contributed by atoms with van der Waals surface area (Å²) in [6.45, 7) is 25.9. The number of rotatable bonds is 34. The predicted molar refractivity (Wildman–Crippen MR) is 223 cm³/mol. The van der Waals surface area contributed by atoms with Gasteiger partial charge in [0.2, 0.25) is 5.91 Å². The molecule has 0 bridgehead atoms. The van der Waals surface area contributed by atoms with Gasteiger partial charge < -0.3 is 31.0 Å². The molecular weight excluding hydrogens is 647 g/mol. The van der Waals surface area contributed by atoms with Gasteiger partial charge in [-0.05, 0) is 138 Å². The Bertz CT molecular complexity index is 872. The molecule has 1 fully saturated rings. The third-order valence-electron chi connectivity index (χ3n) is 13.3. The molecule has 0 aromatic carbocycles. The normalized spacial score (nSPS) is 22.3. The Hall–Kier alpha value is -0.730. The Morgan fingerprint density at radius 1 is 0.788 bits per heavy atom. The summed E-state index contributed by atoms with van der Waals surface area (Å²) in [6.07, 6.45) is 22.9. The lowest BCUT2D eigenvalue weighted by Gasteiger charge is -2.47. The maximum absolute atomic E-state index is 12.8. The fraction of sp³-hybridized carbons (Fsp3) is 0.978. The number of carbonyl (C=O) groups is 1. The summed E-state index contributed by atoms with van der Waals surface area (Å²) in [5.74, 6) is 2.30. The number of hydrogen-bond donors (Lipinski definition) is 3. The van der Waals surface area contributed by atoms with E-state index in [1.807, 2.05) is 0 Å². The molecule has 0 aromatic heterocycles. The van der Waals surface area contributed by atoms with Gasteiger partial charge in [0.25, 0.3) is 0 Å². The number of nitrogens with two attached hydrogens (primary N) is 2. The van der Waals surface area contributed by atoms with Gasteiger partial charge in [0.05, 0.1) is 18.3 Å². The van der Waals surface area contributed by atoms with Crippen molar-refractivity contribution in [2.45, 2.75) is 209 Å². The Kier molecular flexibility index (Phi) is 27.2. The highest BCUT2D eigenvalue weighted by Crippen LogP contribution is 2.56. The average molecular weight is 738 g/mol. The minimum absolute atomic E-state index is 0.0666. The first kappa shape index (κ1) is 49.3. The van der Waals surface area contributed by atoms with Gasteiger partial charge in [0.1, 0.15) is 0 Å². The summed E-state index contributed by atoms with van der Waals surface area (Å²) < 4.78 is 19.4. The second-order valence-corrected chi connectivity index (χ2v) is 17.9. The highest BCUT2D eigenvalue weighted by molar-refractivity contribution is 5.75. The summed E-state index contributed by atoms with van der Waals surface area (Å²) >= 11 is 0. The number of hydrogen-bond acceptors (Lipinski definition) is 6. The van der Waals surface area contributed by atoms with E-state index < -0.39 is 0 Å². The summed E-state index contributed by atoms with van der Waals surface area (Å²) in [5, 5.41) is 3.21. The molecule has 0 heterocycles. The van der Waals surface area contributed by atoms with Gasteiger partial charge in [-0.3, -0.25) is 4.79 Å². The van der Waals surface area contributed by atoms with Crippen molar-refractivity contribution in [3.63, 3.8) is 0 Å². The smallest absolute Gasteiger partial charge is 0.220 e. The minimum atomic E-state index is 0.0666. The summed E-state index contributed by atoms with van der Waals surface area (Å²) in [7, 11) is 0. The van der Waals surface area contributed by atoms with Gasteiger partial charge in [-0.2, -0.15) is 0 Å². The van der Waals surface area contributed by atoms with E-state index in [1.165, 1.54) is 51.4 Å². The molecule has 310 valence electrons. The zero-order valence-corrected chi connectivity index (χ0v) is 36.2. The first-order valence-electron chi connectivity index (χ1n) is 22.4. The van der Waals surface area contributed by atoms with Crippen LogP contribution in [0.5, 0.6) is 0 Å². The summed E-state index contributed by atoms with van der Waals surface area (Å²) in [5.41, 5.74) is 12.0. The van der Waals surface area contributed by atoms with Crippen LogP contribution in [0, 0.1) is 34.5 Å². The maximum atomic E-state index is 12.8. The van der Waals surface area contributed by atoms with Crippen LogP contribution in [0.2, 0.25) is 0 Å². The second-order valence-electron chi connectivity index (χ2n) is 17.9. The molecule has 7 nitrogen and oxygen atoms in total. The molecule has 0 spiro atoms. The van der Waals surface area contributed by atoms with Crippen LogP contribution >= 0.6 is 0 Å². The second kappa shape index (κ2) is 28.6. The van der Waals surface area contributed by atoms with E-state index in [-0.39, 0.29) is 28.9 Å². The van der Waals surface area contributed by atoms with Gasteiger partial charge in [-0.1, -0.05) is 93.9 Å². The van der Waals surface area contributed by atoms with Crippen LogP contribution in [0.3, 0.4) is 0 Å². The predicted octanol–water partition coefficient (Wildman–Crippen LogP) is 10.6. The molecule has 7 heteroatoms. The molecule has 52 heavy (non-hydrogen) atoms. The molecule has 8 atom stereocenters. The number of carbonyl (C=O) groups excluding carboxylic acids is 1. The first-order valence-corrected chi connectivity index (χ1v) is 22.4. The van der Waals surface area contributed by atoms with E-state index in [4.69, 9.17) is 25.7 Å². The molecule has 1 rings (SSSR count). The maximum Gasteiger partial charge on any atom is 0.220 e. The molecule has 0 radical (unpaired) electrons. The third kappa shape index (κ3) is 19.2. The monoisotopic (exact) mass is 738 g/mol. The Balaban J connectivity index is 2.89. The van der Waals surface area contributed by atoms with Crippen molar-refractivity contribution >= 4 is 5.91 Å². The number of unbranched alkanes of at least 4 members (excludes halogenated alkanes) is 6. The highest BCUT2D eigenvalue weighted by Gasteiger charge is 2.52. The summed E-state index contributed by atoms with van der Waals surface area (Å²) in [4.78, 5) is 12.8. The minimum Gasteiger partial charge on any atom is -0.379 e. The van der Waals surface area contributed by atoms with Crippen LogP contribution in [0.1, 0.15) is 191 Å². The fourth-order valence-corrected chi connectivity index (χ4v) is 8.67. The molecule has 1 aliphatic carbocycles. The van der Waals surface area contributed by atoms with E-state index in [2.05, 4.69) is 67.6 Å². The van der Waals surface area contributed by atoms with E-state index in [0.29, 0.717) is 49.3 Å². The zero-order chi connectivity index (χ0) is 38.8. The van der Waals surface area contributed by atoms with Crippen molar-refractivity contribution in [2.24, 2.45) is 46.0 Å². The van der Waals surface area contributed by atoms with Crippen molar-refractivity contribution in [1.82, 2.24) is 5.32 Å². The molecule has 0 unspecified atom stereocenters. The van der Waals surface area contributed by atoms with Crippen LogP contribution in [-0.4, -0.2) is 63.7 Å². The van der Waals surface area contributed by atoms with Gasteiger partial charge in [0.15, 0.2) is 0 Å². The number of nitrogens with one attached hydrogen (secondary N) is 1. The van der Waals surface area contributed by atoms with Gasteiger partial charge in [-0.25, -0.2) is 0 Å². The van der Waals surface area contributed by atoms with E-state index in [1.54, 1.807) is 0 Å². The number of ether oxygens (including phenoxy) is 3. The van der Waals surface area contributed by atoms with Crippen molar-refractivity contribution < 1.29 is 19.0 Å². The lowest BCUT2D eigenvalue weighted by Crippen LogP contribution is -2.46. The third-order valence-corrected chi connectivity index (χ3v) is 13.3. The van der Waals surface area contributed by atoms with E-state index >= 15 is 0 Å². The van der Waals surface area contributed by atoms with E-state index in [0.717, 1.165) is 97.0 Å². The Morgan fingerprint density at radius 2 is 1.42 bits per heavy atom. The van der Waals surface area contributed by atoms with Crippen molar-refractivity contribution in [3.8, 4) is 0 Å². The Labute approximate surface area is 324 Å². The van der Waals surface area contributed by atoms with Gasteiger partial charge in [-0.15, -0.1) is 0 Å². The average Bonchev–Trinajstić information content (AvgIpc) is 3.42. The van der Waals surface area contributed by atoms with Crippen molar-refractivity contribution in [2.75, 3.05) is 39.5 Å². The molecule has 0 aliphatic heterocycles. The molecule has 1 amide bonds. The molecule has 0 aromatic rings. The molecule has 5 N–H and O–H groups in total. The van der Waals surface area contributed by atoms with Gasteiger partial charge >= 0.3 is 0 Å². The quantitative estimate of drug-likeness (QED) is 0.0567. The van der Waals surface area contributed by atoms with E-state index in [9.17, 15) is 4.79 Å². The topological polar surface area (TPSA) is 109 Å². The number of amides is 1. The van der Waals surface area contributed by atoms with Crippen LogP contribution in [0.4, 0.5) is 0 Å². The molecule has 1 aliphatic rings. The highest BCUT2D eigenvalue weighted by atomic mass is 16.5. The van der Waals surface area contributed by atoms with Crippen LogP contribution in [-0.2, 0) is 19.0 Å². The molecular formula is C45H91N3O4.